The van der Waals surface area contributed by atoms with Gasteiger partial charge in [-0.1, -0.05) is 6.92 Å². The molecule has 0 spiro atoms. The van der Waals surface area contributed by atoms with Crippen molar-refractivity contribution >= 4 is 17.6 Å². The third-order valence-electron chi connectivity index (χ3n) is 1.41. The fourth-order valence-corrected chi connectivity index (χ4v) is 1.38. The number of nitriles is 1. The summed E-state index contributed by atoms with van der Waals surface area (Å²) >= 11 is 1.72. The van der Waals surface area contributed by atoms with Crippen LogP contribution in [0.5, 0.6) is 0 Å². The summed E-state index contributed by atoms with van der Waals surface area (Å²) in [6.07, 6.45) is 1.59. The first kappa shape index (κ1) is 8.94. The van der Waals surface area contributed by atoms with Gasteiger partial charge < -0.3 is 10.3 Å². The molecule has 1 aromatic heterocycles. The number of nitrogens with zero attached hydrogens (tertiary/aromatic N) is 3. The van der Waals surface area contributed by atoms with Crippen LogP contribution in [0.15, 0.2) is 6.33 Å². The smallest absolute Gasteiger partial charge is 0.164 e. The molecule has 4 nitrogen and oxygen atoms in total. The molecule has 12 heavy (non-hydrogen) atoms. The van der Waals surface area contributed by atoms with E-state index in [9.17, 15) is 0 Å². The van der Waals surface area contributed by atoms with Gasteiger partial charge >= 0.3 is 0 Å². The maximum absolute atomic E-state index is 8.69. The van der Waals surface area contributed by atoms with E-state index in [-0.39, 0.29) is 0 Å². The van der Waals surface area contributed by atoms with Gasteiger partial charge in [0.25, 0.3) is 0 Å². The molecule has 1 aromatic rings. The van der Waals surface area contributed by atoms with Crippen molar-refractivity contribution in [1.29, 1.82) is 5.26 Å². The first-order valence-electron chi connectivity index (χ1n) is 3.58. The highest BCUT2D eigenvalue weighted by atomic mass is 32.2. The standard InChI is InChI=1S/C7H10N4S/c1-2-12-5-11-4-10-7(9)6(11)3-8/h4H,2,5,9H2,1H3. The van der Waals surface area contributed by atoms with Crippen LogP contribution in [0.25, 0.3) is 0 Å². The number of nitrogen functional groups attached to an aromatic ring is 1. The van der Waals surface area contributed by atoms with Gasteiger partial charge in [0.1, 0.15) is 6.07 Å². The summed E-state index contributed by atoms with van der Waals surface area (Å²) in [5, 5.41) is 8.69. The molecule has 0 radical (unpaired) electrons. The average Bonchev–Trinajstić information content (AvgIpc) is 2.43. The van der Waals surface area contributed by atoms with Crippen LogP contribution in [0.4, 0.5) is 5.82 Å². The minimum atomic E-state index is 0.314. The Morgan fingerprint density at radius 3 is 3.17 bits per heavy atom. The minimum absolute atomic E-state index is 0.314. The maximum atomic E-state index is 8.69. The van der Waals surface area contributed by atoms with Crippen molar-refractivity contribution in [3.63, 3.8) is 0 Å². The fraction of sp³-hybridized carbons (Fsp3) is 0.429. The van der Waals surface area contributed by atoms with Crippen molar-refractivity contribution in [2.45, 2.75) is 12.8 Å². The molecule has 0 fully saturated rings. The monoisotopic (exact) mass is 182 g/mol. The van der Waals surface area contributed by atoms with Crippen molar-refractivity contribution in [2.24, 2.45) is 0 Å². The summed E-state index contributed by atoms with van der Waals surface area (Å²) in [5.41, 5.74) is 5.91. The number of hydrogen-bond donors (Lipinski definition) is 1. The second-order valence-electron chi connectivity index (χ2n) is 2.18. The highest BCUT2D eigenvalue weighted by Crippen LogP contribution is 2.12. The number of thioether (sulfide) groups is 1. The number of rotatable bonds is 3. The van der Waals surface area contributed by atoms with E-state index in [1.54, 1.807) is 22.7 Å². The van der Waals surface area contributed by atoms with Gasteiger partial charge in [0.05, 0.1) is 12.2 Å². The number of hydrogen-bond acceptors (Lipinski definition) is 4. The molecule has 0 aliphatic carbocycles. The summed E-state index contributed by atoms with van der Waals surface area (Å²) in [5.74, 6) is 2.07. The molecular weight excluding hydrogens is 172 g/mol. The van der Waals surface area contributed by atoms with Crippen LogP contribution >= 0.6 is 11.8 Å². The van der Waals surface area contributed by atoms with Gasteiger partial charge in [-0.3, -0.25) is 0 Å². The average molecular weight is 182 g/mol. The highest BCUT2D eigenvalue weighted by molar-refractivity contribution is 7.98. The SMILES string of the molecule is CCSCn1cnc(N)c1C#N. The molecule has 0 aliphatic heterocycles. The number of imidazole rings is 1. The molecular formula is C7H10N4S. The quantitative estimate of drug-likeness (QED) is 0.758. The largest absolute Gasteiger partial charge is 0.381 e. The van der Waals surface area contributed by atoms with E-state index in [0.717, 1.165) is 11.6 Å². The van der Waals surface area contributed by atoms with E-state index in [2.05, 4.69) is 11.9 Å². The zero-order valence-corrected chi connectivity index (χ0v) is 7.64. The van der Waals surface area contributed by atoms with E-state index >= 15 is 0 Å². The van der Waals surface area contributed by atoms with Crippen LogP contribution in [-0.2, 0) is 5.88 Å². The molecule has 5 heteroatoms. The summed E-state index contributed by atoms with van der Waals surface area (Å²) < 4.78 is 1.75. The van der Waals surface area contributed by atoms with Crippen LogP contribution in [-0.4, -0.2) is 15.3 Å². The van der Waals surface area contributed by atoms with Gasteiger partial charge in [0.2, 0.25) is 0 Å². The lowest BCUT2D eigenvalue weighted by Gasteiger charge is -2.00. The predicted octanol–water partition coefficient (Wildman–Crippen LogP) is 1.05. The van der Waals surface area contributed by atoms with Crippen LogP contribution in [0.1, 0.15) is 12.6 Å². The van der Waals surface area contributed by atoms with Gasteiger partial charge in [0, 0.05) is 0 Å². The van der Waals surface area contributed by atoms with Gasteiger partial charge in [0.15, 0.2) is 11.5 Å². The maximum Gasteiger partial charge on any atom is 0.164 e. The number of aromatic nitrogens is 2. The normalized spacial score (nSPS) is 9.67. The van der Waals surface area contributed by atoms with Crippen LogP contribution < -0.4 is 5.73 Å². The Bertz CT molecular complexity index is 299. The molecule has 1 heterocycles. The van der Waals surface area contributed by atoms with Crippen molar-refractivity contribution in [3.8, 4) is 6.07 Å². The Kier molecular flexibility index (Phi) is 3.00. The van der Waals surface area contributed by atoms with Gasteiger partial charge in [-0.15, -0.1) is 11.8 Å². The first-order chi connectivity index (χ1) is 5.79. The Labute approximate surface area is 75.4 Å². The number of anilines is 1. The summed E-state index contributed by atoms with van der Waals surface area (Å²) in [6, 6.07) is 2.01. The molecule has 0 aromatic carbocycles. The molecule has 0 saturated carbocycles. The van der Waals surface area contributed by atoms with Crippen molar-refractivity contribution in [3.05, 3.63) is 12.0 Å². The predicted molar refractivity (Wildman–Crippen MR) is 49.5 cm³/mol. The Morgan fingerprint density at radius 1 is 1.83 bits per heavy atom. The Hall–Kier alpha value is -1.15. The van der Waals surface area contributed by atoms with Crippen LogP contribution in [0.2, 0.25) is 0 Å². The second-order valence-corrected chi connectivity index (χ2v) is 3.43. The van der Waals surface area contributed by atoms with Crippen molar-refractivity contribution < 1.29 is 0 Å². The third-order valence-corrected chi connectivity index (χ3v) is 2.28. The summed E-state index contributed by atoms with van der Waals surface area (Å²) in [7, 11) is 0. The molecule has 0 saturated heterocycles. The van der Waals surface area contributed by atoms with Crippen molar-refractivity contribution in [1.82, 2.24) is 9.55 Å². The van der Waals surface area contributed by atoms with Gasteiger partial charge in [-0.2, -0.15) is 5.26 Å². The fourth-order valence-electron chi connectivity index (χ4n) is 0.807. The molecule has 1 rings (SSSR count). The zero-order chi connectivity index (χ0) is 8.97. The molecule has 2 N–H and O–H groups in total. The minimum Gasteiger partial charge on any atom is -0.381 e. The summed E-state index contributed by atoms with van der Waals surface area (Å²) in [4.78, 5) is 3.85. The lowest BCUT2D eigenvalue weighted by molar-refractivity contribution is 0.874. The summed E-state index contributed by atoms with van der Waals surface area (Å²) in [6.45, 7) is 2.07. The Balaban J connectivity index is 2.79. The lowest BCUT2D eigenvalue weighted by Crippen LogP contribution is -1.98. The topological polar surface area (TPSA) is 67.6 Å². The van der Waals surface area contributed by atoms with E-state index in [1.807, 2.05) is 6.07 Å². The number of nitrogens with two attached hydrogens (primary N) is 1. The van der Waals surface area contributed by atoms with Gasteiger partial charge in [-0.05, 0) is 5.75 Å². The third kappa shape index (κ3) is 1.71. The first-order valence-corrected chi connectivity index (χ1v) is 4.73. The Morgan fingerprint density at radius 2 is 2.58 bits per heavy atom. The molecule has 0 unspecified atom stereocenters. The van der Waals surface area contributed by atoms with Crippen LogP contribution in [0, 0.1) is 11.3 Å². The van der Waals surface area contributed by atoms with E-state index in [4.69, 9.17) is 11.0 Å². The zero-order valence-electron chi connectivity index (χ0n) is 6.82. The molecule has 0 atom stereocenters. The molecule has 64 valence electrons. The molecule has 0 amide bonds. The van der Waals surface area contributed by atoms with Crippen LogP contribution in [0.3, 0.4) is 0 Å². The molecule has 0 bridgehead atoms. The second kappa shape index (κ2) is 4.02. The van der Waals surface area contributed by atoms with E-state index in [0.29, 0.717) is 11.5 Å². The van der Waals surface area contributed by atoms with Crippen molar-refractivity contribution in [2.75, 3.05) is 11.5 Å². The van der Waals surface area contributed by atoms with Gasteiger partial charge in [-0.25, -0.2) is 4.98 Å². The van der Waals surface area contributed by atoms with E-state index in [1.165, 1.54) is 0 Å². The lowest BCUT2D eigenvalue weighted by atomic mass is 10.5. The molecule has 0 aliphatic rings. The highest BCUT2D eigenvalue weighted by Gasteiger charge is 2.05. The van der Waals surface area contributed by atoms with E-state index < -0.39 is 0 Å².